The number of nitrogens with one attached hydrogen (secondary N) is 1. The number of carbonyl (C=O) groups excluding carboxylic acids is 1. The fourth-order valence-electron chi connectivity index (χ4n) is 2.15. The fourth-order valence-corrected chi connectivity index (χ4v) is 2.15. The maximum absolute atomic E-state index is 11.6. The van der Waals surface area contributed by atoms with Crippen LogP contribution in [-0.2, 0) is 4.79 Å². The van der Waals surface area contributed by atoms with E-state index in [4.69, 9.17) is 0 Å². The van der Waals surface area contributed by atoms with Crippen molar-refractivity contribution in [3.05, 3.63) is 0 Å². The highest BCUT2D eigenvalue weighted by Crippen LogP contribution is 2.13. The lowest BCUT2D eigenvalue weighted by atomic mass is 10.1. The average molecular weight is 226 g/mol. The van der Waals surface area contributed by atoms with Gasteiger partial charge in [0.25, 0.3) is 0 Å². The second-order valence-corrected chi connectivity index (χ2v) is 5.42. The zero-order chi connectivity index (χ0) is 12.1. The van der Waals surface area contributed by atoms with Crippen LogP contribution in [0.3, 0.4) is 0 Å². The molecular weight excluding hydrogens is 200 g/mol. The van der Waals surface area contributed by atoms with Crippen LogP contribution in [0.25, 0.3) is 0 Å². The maximum Gasteiger partial charge on any atom is 0.222 e. The summed E-state index contributed by atoms with van der Waals surface area (Å²) in [6.07, 6.45) is 3.42. The second kappa shape index (κ2) is 6.24. The van der Waals surface area contributed by atoms with Crippen molar-refractivity contribution in [2.75, 3.05) is 13.1 Å². The van der Waals surface area contributed by atoms with E-state index in [0.29, 0.717) is 12.1 Å². The summed E-state index contributed by atoms with van der Waals surface area (Å²) in [5, 5.41) is 3.15. The van der Waals surface area contributed by atoms with Crippen molar-refractivity contribution >= 4 is 5.91 Å². The van der Waals surface area contributed by atoms with E-state index < -0.39 is 0 Å². The van der Waals surface area contributed by atoms with E-state index in [9.17, 15) is 4.79 Å². The lowest BCUT2D eigenvalue weighted by molar-refractivity contribution is -0.124. The van der Waals surface area contributed by atoms with Crippen LogP contribution in [0, 0.1) is 5.92 Å². The van der Waals surface area contributed by atoms with E-state index in [1.54, 1.807) is 0 Å². The number of nitrogens with zero attached hydrogens (tertiary/aromatic N) is 1. The first-order valence-electron chi connectivity index (χ1n) is 6.55. The lowest BCUT2D eigenvalue weighted by Crippen LogP contribution is -2.38. The first-order valence-corrected chi connectivity index (χ1v) is 6.55. The van der Waals surface area contributed by atoms with Gasteiger partial charge in [0, 0.05) is 24.5 Å². The zero-order valence-electron chi connectivity index (χ0n) is 11.1. The fraction of sp³-hybridized carbons (Fsp3) is 0.923. The first kappa shape index (κ1) is 13.5. The van der Waals surface area contributed by atoms with Gasteiger partial charge in [-0.15, -0.1) is 0 Å². The van der Waals surface area contributed by atoms with Crippen molar-refractivity contribution in [3.8, 4) is 0 Å². The van der Waals surface area contributed by atoms with Crippen LogP contribution in [0.1, 0.15) is 47.0 Å². The largest absolute Gasteiger partial charge is 0.353 e. The smallest absolute Gasteiger partial charge is 0.222 e. The Bertz CT molecular complexity index is 226. The Morgan fingerprint density at radius 3 is 2.44 bits per heavy atom. The van der Waals surface area contributed by atoms with Gasteiger partial charge in [0.1, 0.15) is 0 Å². The molecule has 1 fully saturated rings. The molecular formula is C13H26N2O. The summed E-state index contributed by atoms with van der Waals surface area (Å²) >= 11 is 0. The van der Waals surface area contributed by atoms with Gasteiger partial charge in [-0.2, -0.15) is 0 Å². The van der Waals surface area contributed by atoms with E-state index >= 15 is 0 Å². The van der Waals surface area contributed by atoms with Gasteiger partial charge in [-0.1, -0.05) is 13.8 Å². The molecule has 1 amide bonds. The Labute approximate surface area is 99.6 Å². The Balaban J connectivity index is 2.38. The van der Waals surface area contributed by atoms with Crippen LogP contribution >= 0.6 is 0 Å². The van der Waals surface area contributed by atoms with E-state index in [1.165, 1.54) is 13.0 Å². The molecule has 0 spiro atoms. The van der Waals surface area contributed by atoms with Gasteiger partial charge in [-0.3, -0.25) is 4.79 Å². The number of carbonyl (C=O) groups is 1. The highest BCUT2D eigenvalue weighted by Gasteiger charge is 2.20. The molecule has 94 valence electrons. The molecule has 3 heteroatoms. The van der Waals surface area contributed by atoms with E-state index in [0.717, 1.165) is 19.4 Å². The minimum absolute atomic E-state index is 0.101. The van der Waals surface area contributed by atoms with Crippen LogP contribution < -0.4 is 5.32 Å². The Kier molecular flexibility index (Phi) is 5.26. The molecule has 0 aromatic carbocycles. The Morgan fingerprint density at radius 2 is 1.88 bits per heavy atom. The summed E-state index contributed by atoms with van der Waals surface area (Å²) in [5.74, 6) is 0.299. The van der Waals surface area contributed by atoms with Crippen molar-refractivity contribution < 1.29 is 4.79 Å². The normalized spacial score (nSPS) is 23.5. The molecule has 1 N–H and O–H groups in total. The van der Waals surface area contributed by atoms with Gasteiger partial charge in [0.2, 0.25) is 5.91 Å². The van der Waals surface area contributed by atoms with E-state index in [1.807, 2.05) is 13.8 Å². The van der Waals surface area contributed by atoms with Crippen molar-refractivity contribution in [1.29, 1.82) is 0 Å². The molecule has 1 aliphatic rings. The molecule has 1 heterocycles. The Morgan fingerprint density at radius 1 is 1.19 bits per heavy atom. The van der Waals surface area contributed by atoms with Crippen LogP contribution in [0.2, 0.25) is 0 Å². The second-order valence-electron chi connectivity index (χ2n) is 5.42. The molecule has 1 aliphatic heterocycles. The third-order valence-electron chi connectivity index (χ3n) is 3.36. The lowest BCUT2D eigenvalue weighted by Gasteiger charge is -2.24. The highest BCUT2D eigenvalue weighted by atomic mass is 16.1. The summed E-state index contributed by atoms with van der Waals surface area (Å²) in [6.45, 7) is 10.7. The topological polar surface area (TPSA) is 32.3 Å². The Hall–Kier alpha value is -0.570. The molecule has 0 saturated carbocycles. The number of hydrogen-bond donors (Lipinski definition) is 1. The van der Waals surface area contributed by atoms with Crippen LogP contribution in [0.15, 0.2) is 0 Å². The number of rotatable bonds is 3. The number of likely N-dealkylation sites (tertiary alicyclic amines) is 1. The van der Waals surface area contributed by atoms with Gasteiger partial charge in [-0.05, 0) is 39.7 Å². The van der Waals surface area contributed by atoms with Gasteiger partial charge >= 0.3 is 0 Å². The molecule has 0 aromatic heterocycles. The minimum atomic E-state index is 0.101. The third-order valence-corrected chi connectivity index (χ3v) is 3.36. The van der Waals surface area contributed by atoms with Gasteiger partial charge in [0.15, 0.2) is 0 Å². The number of hydrogen-bond acceptors (Lipinski definition) is 2. The van der Waals surface area contributed by atoms with Crippen LogP contribution in [-0.4, -0.2) is 36.0 Å². The molecule has 1 saturated heterocycles. The summed E-state index contributed by atoms with van der Waals surface area (Å²) in [5.41, 5.74) is 0. The predicted molar refractivity (Wildman–Crippen MR) is 67.3 cm³/mol. The van der Waals surface area contributed by atoms with Crippen molar-refractivity contribution in [1.82, 2.24) is 10.2 Å². The minimum Gasteiger partial charge on any atom is -0.353 e. The molecule has 0 aromatic rings. The first-order chi connectivity index (χ1) is 7.50. The third kappa shape index (κ3) is 4.12. The SMILES string of the molecule is CC(C)C(=O)NC1CCCN(C(C)C)CC1. The molecule has 0 radical (unpaired) electrons. The van der Waals surface area contributed by atoms with Crippen molar-refractivity contribution in [2.24, 2.45) is 5.92 Å². The summed E-state index contributed by atoms with van der Waals surface area (Å²) in [7, 11) is 0. The molecule has 1 unspecified atom stereocenters. The standard InChI is InChI=1S/C13H26N2O/c1-10(2)13(16)14-12-6-5-8-15(9-7-12)11(3)4/h10-12H,5-9H2,1-4H3,(H,14,16). The molecule has 16 heavy (non-hydrogen) atoms. The van der Waals surface area contributed by atoms with Gasteiger partial charge in [-0.25, -0.2) is 0 Å². The maximum atomic E-state index is 11.6. The summed E-state index contributed by atoms with van der Waals surface area (Å²) in [4.78, 5) is 14.1. The molecule has 0 aliphatic carbocycles. The quantitative estimate of drug-likeness (QED) is 0.798. The highest BCUT2D eigenvalue weighted by molar-refractivity contribution is 5.78. The summed E-state index contributed by atoms with van der Waals surface area (Å²) in [6, 6.07) is 1.01. The van der Waals surface area contributed by atoms with Gasteiger partial charge in [0.05, 0.1) is 0 Å². The van der Waals surface area contributed by atoms with E-state index in [-0.39, 0.29) is 11.8 Å². The summed E-state index contributed by atoms with van der Waals surface area (Å²) < 4.78 is 0. The van der Waals surface area contributed by atoms with E-state index in [2.05, 4.69) is 24.1 Å². The molecule has 3 nitrogen and oxygen atoms in total. The van der Waals surface area contributed by atoms with Crippen molar-refractivity contribution in [2.45, 2.75) is 59.0 Å². The predicted octanol–water partition coefficient (Wildman–Crippen LogP) is 2.02. The molecule has 0 bridgehead atoms. The van der Waals surface area contributed by atoms with Crippen LogP contribution in [0.4, 0.5) is 0 Å². The molecule has 1 atom stereocenters. The monoisotopic (exact) mass is 226 g/mol. The van der Waals surface area contributed by atoms with Gasteiger partial charge < -0.3 is 10.2 Å². The molecule has 1 rings (SSSR count). The van der Waals surface area contributed by atoms with Crippen molar-refractivity contribution in [3.63, 3.8) is 0 Å². The van der Waals surface area contributed by atoms with Crippen LogP contribution in [0.5, 0.6) is 0 Å². The number of amides is 1. The average Bonchev–Trinajstić information content (AvgIpc) is 2.43. The zero-order valence-corrected chi connectivity index (χ0v) is 11.1.